The Bertz CT molecular complexity index is 1250. The Kier molecular flexibility index (Phi) is 11.1. The number of carbonyl (C=O) groups is 3. The van der Waals surface area contributed by atoms with Gasteiger partial charge in [-0.2, -0.15) is 0 Å². The number of carbonyl (C=O) groups excluding carboxylic acids is 3. The molecule has 0 fully saturated rings. The lowest BCUT2D eigenvalue weighted by Gasteiger charge is -2.31. The molecule has 0 aliphatic heterocycles. The Balaban J connectivity index is 1.77. The first kappa shape index (κ1) is 31.0. The molecular formula is C31H34O10. The van der Waals surface area contributed by atoms with Gasteiger partial charge in [0.25, 0.3) is 0 Å². The van der Waals surface area contributed by atoms with Crippen LogP contribution < -0.4 is 14.2 Å². The lowest BCUT2D eigenvalue weighted by atomic mass is 9.88. The van der Waals surface area contributed by atoms with Crippen molar-refractivity contribution in [2.24, 2.45) is 5.41 Å². The molecule has 0 bridgehead atoms. The van der Waals surface area contributed by atoms with Gasteiger partial charge in [-0.1, -0.05) is 13.0 Å². The van der Waals surface area contributed by atoms with Gasteiger partial charge in [0, 0.05) is 5.56 Å². The molecule has 0 heterocycles. The highest BCUT2D eigenvalue weighted by Crippen LogP contribution is 2.27. The van der Waals surface area contributed by atoms with E-state index in [2.05, 4.69) is 0 Å². The van der Waals surface area contributed by atoms with Crippen LogP contribution in [0.25, 0.3) is 0 Å². The monoisotopic (exact) mass is 566 g/mol. The summed E-state index contributed by atoms with van der Waals surface area (Å²) in [5, 5.41) is 9.45. The molecule has 10 heteroatoms. The van der Waals surface area contributed by atoms with Crippen LogP contribution in [0.2, 0.25) is 0 Å². The molecule has 41 heavy (non-hydrogen) atoms. The highest BCUT2D eigenvalue weighted by molar-refractivity contribution is 5.91. The third-order valence-corrected chi connectivity index (χ3v) is 6.62. The fraction of sp³-hybridized carbons (Fsp3) is 0.323. The highest BCUT2D eigenvalue weighted by Gasteiger charge is 2.35. The number of benzene rings is 3. The van der Waals surface area contributed by atoms with E-state index in [1.54, 1.807) is 54.6 Å². The summed E-state index contributed by atoms with van der Waals surface area (Å²) >= 11 is 0. The lowest BCUT2D eigenvalue weighted by Crippen LogP contribution is -2.39. The summed E-state index contributed by atoms with van der Waals surface area (Å²) in [4.78, 5) is 38.5. The summed E-state index contributed by atoms with van der Waals surface area (Å²) in [6, 6.07) is 17.4. The fourth-order valence-corrected chi connectivity index (χ4v) is 3.79. The molecule has 0 saturated carbocycles. The maximum Gasteiger partial charge on any atom is 0.338 e. The molecule has 1 N–H and O–H groups in total. The second-order valence-corrected chi connectivity index (χ2v) is 9.22. The Morgan fingerprint density at radius 2 is 1.05 bits per heavy atom. The maximum atomic E-state index is 12.9. The predicted octanol–water partition coefficient (Wildman–Crippen LogP) is 4.47. The van der Waals surface area contributed by atoms with Crippen LogP contribution in [-0.4, -0.2) is 64.2 Å². The first-order valence-electron chi connectivity index (χ1n) is 12.8. The number of hydrogen-bond acceptors (Lipinski definition) is 10. The largest absolute Gasteiger partial charge is 0.497 e. The number of hydrogen-bond donors (Lipinski definition) is 1. The van der Waals surface area contributed by atoms with E-state index in [4.69, 9.17) is 28.4 Å². The van der Waals surface area contributed by atoms with Gasteiger partial charge in [-0.05, 0) is 67.1 Å². The highest BCUT2D eigenvalue weighted by atomic mass is 16.6. The first-order valence-corrected chi connectivity index (χ1v) is 12.8. The van der Waals surface area contributed by atoms with Gasteiger partial charge < -0.3 is 33.5 Å². The molecule has 10 nitrogen and oxygen atoms in total. The molecule has 0 aliphatic rings. The van der Waals surface area contributed by atoms with Gasteiger partial charge in [0.05, 0.1) is 50.0 Å². The van der Waals surface area contributed by atoms with E-state index in [0.29, 0.717) is 40.4 Å². The van der Waals surface area contributed by atoms with Gasteiger partial charge in [-0.15, -0.1) is 0 Å². The van der Waals surface area contributed by atoms with E-state index < -0.39 is 23.3 Å². The molecule has 0 saturated heterocycles. The molecule has 0 atom stereocenters. The second-order valence-electron chi connectivity index (χ2n) is 9.22. The van der Waals surface area contributed by atoms with Crippen LogP contribution in [0.4, 0.5) is 0 Å². The van der Waals surface area contributed by atoms with Gasteiger partial charge in [0.1, 0.15) is 37.1 Å². The topological polar surface area (TPSA) is 127 Å². The van der Waals surface area contributed by atoms with E-state index in [1.807, 2.05) is 6.92 Å². The minimum Gasteiger partial charge on any atom is -0.497 e. The SMILES string of the molecule is CCC(COC(=O)c1ccc(OC)cc1)(COC(=O)c1ccc(OC)cc1)COC(=O)c1ccc(CO)c(OC)c1. The summed E-state index contributed by atoms with van der Waals surface area (Å²) in [7, 11) is 4.48. The zero-order valence-corrected chi connectivity index (χ0v) is 23.5. The predicted molar refractivity (Wildman–Crippen MR) is 148 cm³/mol. The van der Waals surface area contributed by atoms with Gasteiger partial charge >= 0.3 is 17.9 Å². The van der Waals surface area contributed by atoms with Crippen LogP contribution in [0.5, 0.6) is 17.2 Å². The van der Waals surface area contributed by atoms with Crippen molar-refractivity contribution in [3.8, 4) is 17.2 Å². The van der Waals surface area contributed by atoms with Crippen LogP contribution in [0.3, 0.4) is 0 Å². The third kappa shape index (κ3) is 8.21. The van der Waals surface area contributed by atoms with E-state index in [-0.39, 0.29) is 32.0 Å². The van der Waals surface area contributed by atoms with Gasteiger partial charge in [0.2, 0.25) is 0 Å². The summed E-state index contributed by atoms with van der Waals surface area (Å²) in [6.07, 6.45) is 0.346. The molecule has 3 rings (SSSR count). The smallest absolute Gasteiger partial charge is 0.338 e. The molecule has 0 spiro atoms. The number of rotatable bonds is 14. The van der Waals surface area contributed by atoms with Crippen LogP contribution in [0.15, 0.2) is 66.7 Å². The zero-order chi connectivity index (χ0) is 29.8. The number of esters is 3. The molecule has 218 valence electrons. The van der Waals surface area contributed by atoms with Crippen LogP contribution >= 0.6 is 0 Å². The molecular weight excluding hydrogens is 532 g/mol. The Hall–Kier alpha value is -4.57. The van der Waals surface area contributed by atoms with Gasteiger partial charge in [-0.3, -0.25) is 0 Å². The Morgan fingerprint density at radius 3 is 1.41 bits per heavy atom. The zero-order valence-electron chi connectivity index (χ0n) is 23.5. The van der Waals surface area contributed by atoms with E-state index >= 15 is 0 Å². The molecule has 0 unspecified atom stereocenters. The fourth-order valence-electron chi connectivity index (χ4n) is 3.79. The average Bonchev–Trinajstić information content (AvgIpc) is 3.03. The van der Waals surface area contributed by atoms with Crippen molar-refractivity contribution in [2.75, 3.05) is 41.2 Å². The Labute approximate surface area is 238 Å². The van der Waals surface area contributed by atoms with E-state index in [9.17, 15) is 19.5 Å². The minimum atomic E-state index is -1.05. The Morgan fingerprint density at radius 1 is 0.634 bits per heavy atom. The van der Waals surface area contributed by atoms with Crippen molar-refractivity contribution in [2.45, 2.75) is 20.0 Å². The third-order valence-electron chi connectivity index (χ3n) is 6.62. The normalized spacial score (nSPS) is 10.9. The van der Waals surface area contributed by atoms with Gasteiger partial charge in [-0.25, -0.2) is 14.4 Å². The van der Waals surface area contributed by atoms with Crippen molar-refractivity contribution in [3.63, 3.8) is 0 Å². The standard InChI is InChI=1S/C31H34O10/c1-5-31(18-39-28(33)21-8-12-25(36-2)13-9-21,19-40-29(34)22-10-14-26(37-3)15-11-22)20-41-30(35)23-6-7-24(17-32)27(16-23)38-4/h6-16,32H,5,17-20H2,1-4H3. The van der Waals surface area contributed by atoms with Crippen LogP contribution in [-0.2, 0) is 20.8 Å². The molecule has 0 radical (unpaired) electrons. The summed E-state index contributed by atoms with van der Waals surface area (Å²) in [6.45, 7) is 0.971. The van der Waals surface area contributed by atoms with E-state index in [0.717, 1.165) is 0 Å². The van der Waals surface area contributed by atoms with Crippen molar-refractivity contribution in [3.05, 3.63) is 89.0 Å². The molecule has 3 aromatic rings. The molecule has 0 aliphatic carbocycles. The summed E-state index contributed by atoms with van der Waals surface area (Å²) < 4.78 is 32.3. The van der Waals surface area contributed by atoms with Crippen molar-refractivity contribution >= 4 is 17.9 Å². The minimum absolute atomic E-state index is 0.190. The second kappa shape index (κ2) is 14.7. The van der Waals surface area contributed by atoms with Crippen LogP contribution in [0, 0.1) is 5.41 Å². The number of aliphatic hydroxyl groups is 1. The van der Waals surface area contributed by atoms with Crippen molar-refractivity contribution in [1.29, 1.82) is 0 Å². The first-order chi connectivity index (χ1) is 19.8. The molecule has 0 aromatic heterocycles. The molecule has 3 aromatic carbocycles. The molecule has 0 amide bonds. The van der Waals surface area contributed by atoms with Crippen LogP contribution in [0.1, 0.15) is 50.0 Å². The number of aliphatic hydroxyl groups excluding tert-OH is 1. The van der Waals surface area contributed by atoms with Gasteiger partial charge in [0.15, 0.2) is 0 Å². The summed E-state index contributed by atoms with van der Waals surface area (Å²) in [5.41, 5.74) is 0.283. The maximum absolute atomic E-state index is 12.9. The average molecular weight is 567 g/mol. The van der Waals surface area contributed by atoms with E-state index in [1.165, 1.54) is 33.5 Å². The number of ether oxygens (including phenoxy) is 6. The number of methoxy groups -OCH3 is 3. The van der Waals surface area contributed by atoms with Crippen molar-refractivity contribution in [1.82, 2.24) is 0 Å². The van der Waals surface area contributed by atoms with Crippen molar-refractivity contribution < 1.29 is 47.9 Å². The lowest BCUT2D eigenvalue weighted by molar-refractivity contribution is -0.0381. The summed E-state index contributed by atoms with van der Waals surface area (Å²) in [5.74, 6) is -0.333. The quantitative estimate of drug-likeness (QED) is 0.221.